The van der Waals surface area contributed by atoms with Crippen molar-refractivity contribution in [1.82, 2.24) is 19.2 Å². The van der Waals surface area contributed by atoms with Crippen molar-refractivity contribution in [2.45, 2.75) is 38.4 Å². The lowest BCUT2D eigenvalue weighted by Crippen LogP contribution is -2.20. The number of rotatable bonds is 3. The van der Waals surface area contributed by atoms with Gasteiger partial charge in [-0.25, -0.2) is 4.98 Å². The molecular formula is C15H12ClF3N4OS. The Morgan fingerprint density at radius 2 is 2.08 bits per heavy atom. The van der Waals surface area contributed by atoms with Gasteiger partial charge in [0.1, 0.15) is 5.69 Å². The molecule has 0 saturated heterocycles. The average molecular weight is 389 g/mol. The maximum atomic E-state index is 13.0. The number of aromatic nitrogens is 4. The van der Waals surface area contributed by atoms with E-state index in [0.717, 1.165) is 34.2 Å². The molecule has 10 heteroatoms. The summed E-state index contributed by atoms with van der Waals surface area (Å²) in [5.41, 5.74) is -0.0559. The molecule has 132 valence electrons. The number of aryl methyl sites for hydroxylation is 1. The fourth-order valence-corrected chi connectivity index (χ4v) is 4.21. The standard InChI is InChI=1S/C15H12ClF3N4OS/c1-7-13(8-2-3-8)23-12(24)4-9(20-14(23)25-7)6-22-10(15(17,18)19)5-11(16)21-22/h4-5,8H,2-3,6H2,1H3. The summed E-state index contributed by atoms with van der Waals surface area (Å²) >= 11 is 6.99. The van der Waals surface area contributed by atoms with Crippen LogP contribution < -0.4 is 5.56 Å². The summed E-state index contributed by atoms with van der Waals surface area (Å²) in [4.78, 5) is 18.4. The average Bonchev–Trinajstić information content (AvgIpc) is 3.16. The minimum absolute atomic E-state index is 0.221. The number of halogens is 4. The molecule has 4 rings (SSSR count). The van der Waals surface area contributed by atoms with Crippen molar-refractivity contribution in [2.24, 2.45) is 0 Å². The fourth-order valence-electron chi connectivity index (χ4n) is 2.94. The molecule has 3 aromatic rings. The Balaban J connectivity index is 1.78. The highest BCUT2D eigenvalue weighted by atomic mass is 35.5. The van der Waals surface area contributed by atoms with Crippen molar-refractivity contribution >= 4 is 27.9 Å². The van der Waals surface area contributed by atoms with Crippen molar-refractivity contribution in [3.8, 4) is 0 Å². The van der Waals surface area contributed by atoms with E-state index in [-0.39, 0.29) is 23.0 Å². The van der Waals surface area contributed by atoms with E-state index >= 15 is 0 Å². The van der Waals surface area contributed by atoms with Crippen molar-refractivity contribution < 1.29 is 13.2 Å². The molecule has 1 aliphatic rings. The van der Waals surface area contributed by atoms with Gasteiger partial charge in [0.05, 0.1) is 12.2 Å². The Hall–Kier alpha value is -1.87. The topological polar surface area (TPSA) is 52.2 Å². The van der Waals surface area contributed by atoms with Gasteiger partial charge in [-0.1, -0.05) is 11.6 Å². The molecule has 0 bridgehead atoms. The van der Waals surface area contributed by atoms with Crippen molar-refractivity contribution in [2.75, 3.05) is 0 Å². The van der Waals surface area contributed by atoms with Crippen LogP contribution in [-0.2, 0) is 12.7 Å². The van der Waals surface area contributed by atoms with E-state index in [1.807, 2.05) is 6.92 Å². The molecule has 0 spiro atoms. The fraction of sp³-hybridized carbons (Fsp3) is 0.400. The Bertz CT molecular complexity index is 1030. The molecule has 1 fully saturated rings. The Morgan fingerprint density at radius 3 is 2.72 bits per heavy atom. The number of nitrogens with zero attached hydrogens (tertiary/aromatic N) is 4. The van der Waals surface area contributed by atoms with E-state index in [9.17, 15) is 18.0 Å². The van der Waals surface area contributed by atoms with Crippen LogP contribution in [0.1, 0.15) is 40.7 Å². The number of thiazole rings is 1. The maximum absolute atomic E-state index is 13.0. The van der Waals surface area contributed by atoms with Gasteiger partial charge in [0.15, 0.2) is 10.1 Å². The molecule has 0 N–H and O–H groups in total. The van der Waals surface area contributed by atoms with Gasteiger partial charge in [0.25, 0.3) is 5.56 Å². The van der Waals surface area contributed by atoms with Crippen LogP contribution in [0.2, 0.25) is 5.15 Å². The van der Waals surface area contributed by atoms with Gasteiger partial charge in [-0.2, -0.15) is 18.3 Å². The molecule has 3 heterocycles. The third-order valence-corrected chi connectivity index (χ3v) is 5.26. The van der Waals surface area contributed by atoms with Crippen LogP contribution in [-0.4, -0.2) is 19.2 Å². The zero-order valence-corrected chi connectivity index (χ0v) is 14.5. The van der Waals surface area contributed by atoms with E-state index in [2.05, 4.69) is 10.1 Å². The molecule has 0 unspecified atom stereocenters. The molecular weight excluding hydrogens is 377 g/mol. The normalized spacial score (nSPS) is 15.2. The van der Waals surface area contributed by atoms with Crippen LogP contribution in [0.25, 0.3) is 4.96 Å². The lowest BCUT2D eigenvalue weighted by atomic mass is 10.2. The zero-order chi connectivity index (χ0) is 17.9. The summed E-state index contributed by atoms with van der Waals surface area (Å²) in [5.74, 6) is 0.376. The van der Waals surface area contributed by atoms with Gasteiger partial charge in [0, 0.05) is 28.6 Å². The summed E-state index contributed by atoms with van der Waals surface area (Å²) in [6.07, 6.45) is -2.50. The summed E-state index contributed by atoms with van der Waals surface area (Å²) in [6, 6.07) is 2.02. The second-order valence-corrected chi connectivity index (χ2v) is 7.60. The number of hydrogen-bond acceptors (Lipinski definition) is 4. The minimum Gasteiger partial charge on any atom is -0.269 e. The third-order valence-electron chi connectivity index (χ3n) is 4.10. The highest BCUT2D eigenvalue weighted by Crippen LogP contribution is 2.43. The summed E-state index contributed by atoms with van der Waals surface area (Å²) in [6.45, 7) is 1.66. The van der Waals surface area contributed by atoms with E-state index < -0.39 is 11.9 Å². The van der Waals surface area contributed by atoms with E-state index in [4.69, 9.17) is 11.6 Å². The molecule has 25 heavy (non-hydrogen) atoms. The zero-order valence-electron chi connectivity index (χ0n) is 13.0. The van der Waals surface area contributed by atoms with Crippen LogP contribution in [0.5, 0.6) is 0 Å². The van der Waals surface area contributed by atoms with Crippen molar-refractivity contribution in [1.29, 1.82) is 0 Å². The van der Waals surface area contributed by atoms with Crippen molar-refractivity contribution in [3.05, 3.63) is 49.6 Å². The van der Waals surface area contributed by atoms with Crippen LogP contribution in [0.3, 0.4) is 0 Å². The number of hydrogen-bond donors (Lipinski definition) is 0. The highest BCUT2D eigenvalue weighted by molar-refractivity contribution is 7.17. The van der Waals surface area contributed by atoms with Crippen molar-refractivity contribution in [3.63, 3.8) is 0 Å². The lowest BCUT2D eigenvalue weighted by Gasteiger charge is -2.09. The molecule has 0 aliphatic heterocycles. The maximum Gasteiger partial charge on any atom is 0.433 e. The number of fused-ring (bicyclic) bond motifs is 1. The predicted molar refractivity (Wildman–Crippen MR) is 87.4 cm³/mol. The van der Waals surface area contributed by atoms with Gasteiger partial charge >= 0.3 is 6.18 Å². The first-order chi connectivity index (χ1) is 11.7. The smallest absolute Gasteiger partial charge is 0.269 e. The van der Waals surface area contributed by atoms with Crippen LogP contribution in [0, 0.1) is 6.92 Å². The van der Waals surface area contributed by atoms with Gasteiger partial charge in [0.2, 0.25) is 0 Å². The molecule has 3 aromatic heterocycles. The molecule has 0 amide bonds. The first-order valence-corrected chi connectivity index (χ1v) is 8.76. The Morgan fingerprint density at radius 1 is 1.36 bits per heavy atom. The lowest BCUT2D eigenvalue weighted by molar-refractivity contribution is -0.144. The molecule has 5 nitrogen and oxygen atoms in total. The summed E-state index contributed by atoms with van der Waals surface area (Å²) < 4.78 is 41.4. The van der Waals surface area contributed by atoms with Crippen LogP contribution in [0.4, 0.5) is 13.2 Å². The Labute approximate surface area is 148 Å². The largest absolute Gasteiger partial charge is 0.433 e. The summed E-state index contributed by atoms with van der Waals surface area (Å²) in [5, 5.41) is 3.40. The van der Waals surface area contributed by atoms with E-state index in [1.54, 1.807) is 4.40 Å². The second kappa shape index (κ2) is 5.57. The third kappa shape index (κ3) is 2.95. The van der Waals surface area contributed by atoms with E-state index in [0.29, 0.717) is 10.9 Å². The first kappa shape index (κ1) is 16.6. The Kier molecular flexibility index (Phi) is 3.69. The van der Waals surface area contributed by atoms with Gasteiger partial charge in [-0.3, -0.25) is 13.9 Å². The van der Waals surface area contributed by atoms with Crippen LogP contribution >= 0.6 is 22.9 Å². The van der Waals surface area contributed by atoms with Crippen LogP contribution in [0.15, 0.2) is 16.9 Å². The quantitative estimate of drug-likeness (QED) is 0.684. The first-order valence-electron chi connectivity index (χ1n) is 7.56. The van der Waals surface area contributed by atoms with E-state index in [1.165, 1.54) is 17.4 Å². The second-order valence-electron chi connectivity index (χ2n) is 6.03. The molecule has 0 radical (unpaired) electrons. The molecule has 0 atom stereocenters. The monoisotopic (exact) mass is 388 g/mol. The van der Waals surface area contributed by atoms with Gasteiger partial charge < -0.3 is 0 Å². The SMILES string of the molecule is Cc1sc2nc(Cn3nc(Cl)cc3C(F)(F)F)cc(=O)n2c1C1CC1. The van der Waals surface area contributed by atoms with Gasteiger partial charge in [-0.05, 0) is 19.8 Å². The molecule has 1 saturated carbocycles. The summed E-state index contributed by atoms with van der Waals surface area (Å²) in [7, 11) is 0. The number of alkyl halides is 3. The highest BCUT2D eigenvalue weighted by Gasteiger charge is 2.36. The molecule has 0 aromatic carbocycles. The minimum atomic E-state index is -4.59. The predicted octanol–water partition coefficient (Wildman–Crippen LogP) is 3.86. The van der Waals surface area contributed by atoms with Gasteiger partial charge in [-0.15, -0.1) is 11.3 Å². The molecule has 1 aliphatic carbocycles.